The van der Waals surface area contributed by atoms with Crippen LogP contribution in [0.15, 0.2) is 48.5 Å². The van der Waals surface area contributed by atoms with Crippen LogP contribution >= 0.6 is 0 Å². The molecule has 0 spiro atoms. The summed E-state index contributed by atoms with van der Waals surface area (Å²) in [4.78, 5) is 21.9. The largest absolute Gasteiger partial charge is 0.497 e. The number of halogens is 1. The first-order chi connectivity index (χ1) is 13.6. The van der Waals surface area contributed by atoms with E-state index >= 15 is 0 Å². The lowest BCUT2D eigenvalue weighted by Gasteiger charge is -2.14. The van der Waals surface area contributed by atoms with Crippen molar-refractivity contribution in [2.24, 2.45) is 5.92 Å². The number of esters is 1. The van der Waals surface area contributed by atoms with Gasteiger partial charge in [0.25, 0.3) is 0 Å². The van der Waals surface area contributed by atoms with E-state index in [1.807, 2.05) is 13.8 Å². The average Bonchev–Trinajstić information content (AvgIpc) is 2.78. The van der Waals surface area contributed by atoms with Crippen molar-refractivity contribution in [3.63, 3.8) is 0 Å². The molecule has 1 aliphatic rings. The van der Waals surface area contributed by atoms with E-state index in [0.29, 0.717) is 23.0 Å². The Morgan fingerprint density at radius 1 is 0.929 bits per heavy atom. The fraction of sp³-hybridized carbons (Fsp3) is 0.391. The van der Waals surface area contributed by atoms with Crippen LogP contribution in [-0.2, 0) is 4.79 Å². The van der Waals surface area contributed by atoms with E-state index in [1.165, 1.54) is 43.5 Å². The highest BCUT2D eigenvalue weighted by Crippen LogP contribution is 2.21. The van der Waals surface area contributed by atoms with E-state index in [4.69, 9.17) is 9.47 Å². The molecule has 4 nitrogen and oxygen atoms in total. The minimum atomic E-state index is -0.496. The molecule has 2 aromatic carbocycles. The molecule has 28 heavy (non-hydrogen) atoms. The topological polar surface area (TPSA) is 52.6 Å². The van der Waals surface area contributed by atoms with E-state index in [1.54, 1.807) is 31.4 Å². The maximum Gasteiger partial charge on any atom is 0.343 e. The van der Waals surface area contributed by atoms with Crippen LogP contribution in [-0.4, -0.2) is 19.4 Å². The molecule has 0 heterocycles. The zero-order chi connectivity index (χ0) is 20.8. The van der Waals surface area contributed by atoms with Gasteiger partial charge in [-0.3, -0.25) is 0 Å². The van der Waals surface area contributed by atoms with Gasteiger partial charge in [-0.1, -0.05) is 33.1 Å². The summed E-state index contributed by atoms with van der Waals surface area (Å²) < 4.78 is 22.7. The van der Waals surface area contributed by atoms with Gasteiger partial charge in [-0.2, -0.15) is 0 Å². The smallest absolute Gasteiger partial charge is 0.343 e. The van der Waals surface area contributed by atoms with Gasteiger partial charge >= 0.3 is 5.97 Å². The molecule has 0 bridgehead atoms. The van der Waals surface area contributed by atoms with Crippen LogP contribution in [0.3, 0.4) is 0 Å². The first-order valence-corrected chi connectivity index (χ1v) is 9.69. The second kappa shape index (κ2) is 13.5. The highest BCUT2D eigenvalue weighted by Gasteiger charge is 2.10. The maximum atomic E-state index is 12.7. The summed E-state index contributed by atoms with van der Waals surface area (Å²) in [6, 6.07) is 11.8. The van der Waals surface area contributed by atoms with Gasteiger partial charge < -0.3 is 14.3 Å². The number of rotatable bonds is 4. The van der Waals surface area contributed by atoms with E-state index in [-0.39, 0.29) is 5.82 Å². The molecule has 5 heteroatoms. The maximum absolute atomic E-state index is 12.7. The third-order valence-corrected chi connectivity index (χ3v) is 4.19. The lowest BCUT2D eigenvalue weighted by Crippen LogP contribution is -2.08. The monoisotopic (exact) mass is 388 g/mol. The van der Waals surface area contributed by atoms with Crippen molar-refractivity contribution in [3.05, 3.63) is 59.9 Å². The van der Waals surface area contributed by atoms with Gasteiger partial charge in [-0.15, -0.1) is 0 Å². The van der Waals surface area contributed by atoms with E-state index < -0.39 is 5.97 Å². The summed E-state index contributed by atoms with van der Waals surface area (Å²) in [6.45, 7) is 4.00. The SMILES string of the molecule is CC.COc1ccc(C(=O)Oc2ccc(F)cc2)cc1.O=CC1CCCCC1. The Balaban J connectivity index is 0.000000327. The molecule has 0 atom stereocenters. The van der Waals surface area contributed by atoms with Crippen LogP contribution < -0.4 is 9.47 Å². The molecule has 3 rings (SSSR count). The summed E-state index contributed by atoms with van der Waals surface area (Å²) in [7, 11) is 1.55. The summed E-state index contributed by atoms with van der Waals surface area (Å²) in [5, 5.41) is 0. The molecule has 1 aliphatic carbocycles. The first-order valence-electron chi connectivity index (χ1n) is 9.69. The number of methoxy groups -OCH3 is 1. The lowest BCUT2D eigenvalue weighted by atomic mass is 9.91. The normalized spacial score (nSPS) is 13.1. The Kier molecular flexibility index (Phi) is 11.2. The third kappa shape index (κ3) is 8.33. The van der Waals surface area contributed by atoms with Crippen molar-refractivity contribution in [2.45, 2.75) is 46.0 Å². The highest BCUT2D eigenvalue weighted by atomic mass is 19.1. The minimum Gasteiger partial charge on any atom is -0.497 e. The summed E-state index contributed by atoms with van der Waals surface area (Å²) in [6.07, 6.45) is 7.27. The highest BCUT2D eigenvalue weighted by molar-refractivity contribution is 5.91. The standard InChI is InChI=1S/C14H11FO3.C7H12O.C2H6/c1-17-12-6-2-10(3-7-12)14(16)18-13-8-4-11(15)5-9-13;8-6-7-4-2-1-3-5-7;1-2/h2-9H,1H3;6-7H,1-5H2;1-2H3. The molecule has 0 N–H and O–H groups in total. The quantitative estimate of drug-likeness (QED) is 0.375. The van der Waals surface area contributed by atoms with Gasteiger partial charge in [-0.05, 0) is 61.4 Å². The number of benzene rings is 2. The zero-order valence-electron chi connectivity index (χ0n) is 16.8. The van der Waals surface area contributed by atoms with Gasteiger partial charge in [0.05, 0.1) is 12.7 Å². The Bertz CT molecular complexity index is 690. The van der Waals surface area contributed by atoms with Crippen molar-refractivity contribution in [1.82, 2.24) is 0 Å². The molecular weight excluding hydrogens is 359 g/mol. The molecule has 0 saturated heterocycles. The third-order valence-electron chi connectivity index (χ3n) is 4.19. The minimum absolute atomic E-state index is 0.303. The molecule has 0 radical (unpaired) electrons. The van der Waals surface area contributed by atoms with Crippen LogP contribution in [0.25, 0.3) is 0 Å². The fourth-order valence-electron chi connectivity index (χ4n) is 2.67. The predicted molar refractivity (Wildman–Crippen MR) is 108 cm³/mol. The lowest BCUT2D eigenvalue weighted by molar-refractivity contribution is -0.111. The van der Waals surface area contributed by atoms with E-state index in [9.17, 15) is 14.0 Å². The Hall–Kier alpha value is -2.69. The Morgan fingerprint density at radius 3 is 1.93 bits per heavy atom. The van der Waals surface area contributed by atoms with Crippen molar-refractivity contribution < 1.29 is 23.5 Å². The van der Waals surface area contributed by atoms with Gasteiger partial charge in [0, 0.05) is 5.92 Å². The Labute approximate surface area is 166 Å². The average molecular weight is 388 g/mol. The van der Waals surface area contributed by atoms with Gasteiger partial charge in [-0.25, -0.2) is 9.18 Å². The van der Waals surface area contributed by atoms with Crippen molar-refractivity contribution in [3.8, 4) is 11.5 Å². The van der Waals surface area contributed by atoms with Crippen LogP contribution in [0.1, 0.15) is 56.3 Å². The summed E-state index contributed by atoms with van der Waals surface area (Å²) in [5.74, 6) is 0.498. The summed E-state index contributed by atoms with van der Waals surface area (Å²) >= 11 is 0. The van der Waals surface area contributed by atoms with E-state index in [0.717, 1.165) is 19.1 Å². The Morgan fingerprint density at radius 2 is 1.46 bits per heavy atom. The van der Waals surface area contributed by atoms with Crippen LogP contribution in [0.2, 0.25) is 0 Å². The number of hydrogen-bond donors (Lipinski definition) is 0. The van der Waals surface area contributed by atoms with Gasteiger partial charge in [0.2, 0.25) is 0 Å². The zero-order valence-corrected chi connectivity index (χ0v) is 16.8. The number of ether oxygens (including phenoxy) is 2. The fourth-order valence-corrected chi connectivity index (χ4v) is 2.67. The first kappa shape index (κ1) is 23.3. The van der Waals surface area contributed by atoms with Crippen LogP contribution in [0.5, 0.6) is 11.5 Å². The number of hydrogen-bond acceptors (Lipinski definition) is 4. The van der Waals surface area contributed by atoms with Crippen molar-refractivity contribution >= 4 is 12.3 Å². The molecule has 0 amide bonds. The predicted octanol–water partition coefficient (Wildman–Crippen LogP) is 5.85. The molecule has 0 unspecified atom stereocenters. The van der Waals surface area contributed by atoms with Gasteiger partial charge in [0.1, 0.15) is 23.6 Å². The second-order valence-electron chi connectivity index (χ2n) is 6.11. The second-order valence-corrected chi connectivity index (χ2v) is 6.11. The number of carbonyl (C=O) groups excluding carboxylic acids is 2. The molecule has 2 aromatic rings. The molecule has 152 valence electrons. The summed E-state index contributed by atoms with van der Waals surface area (Å²) in [5.41, 5.74) is 0.403. The van der Waals surface area contributed by atoms with Crippen LogP contribution in [0.4, 0.5) is 4.39 Å². The van der Waals surface area contributed by atoms with Crippen molar-refractivity contribution in [2.75, 3.05) is 7.11 Å². The molecule has 0 aromatic heterocycles. The molecule has 1 saturated carbocycles. The molecule has 1 fully saturated rings. The van der Waals surface area contributed by atoms with Crippen LogP contribution in [0, 0.1) is 11.7 Å². The molecular formula is C23H29FO4. The van der Waals surface area contributed by atoms with Crippen molar-refractivity contribution in [1.29, 1.82) is 0 Å². The van der Waals surface area contributed by atoms with Gasteiger partial charge in [0.15, 0.2) is 0 Å². The number of carbonyl (C=O) groups is 2. The number of aldehydes is 1. The molecule has 0 aliphatic heterocycles. The van der Waals surface area contributed by atoms with E-state index in [2.05, 4.69) is 0 Å².